The maximum atomic E-state index is 11.4. The minimum absolute atomic E-state index is 0.195. The van der Waals surface area contributed by atoms with E-state index in [9.17, 15) is 4.79 Å². The molecule has 0 saturated carbocycles. The fraction of sp³-hybridized carbons (Fsp3) is 0.417. The van der Waals surface area contributed by atoms with Crippen molar-refractivity contribution in [3.05, 3.63) is 29.8 Å². The van der Waals surface area contributed by atoms with Crippen LogP contribution in [0.1, 0.15) is 18.1 Å². The molecule has 0 N–H and O–H groups in total. The zero-order chi connectivity index (χ0) is 11.5. The third kappa shape index (κ3) is 1.96. The highest BCUT2D eigenvalue weighted by Crippen LogP contribution is 2.32. The third-order valence-corrected chi connectivity index (χ3v) is 2.77. The molecule has 16 heavy (non-hydrogen) atoms. The summed E-state index contributed by atoms with van der Waals surface area (Å²) in [6.07, 6.45) is 0.324. The number of methoxy groups -OCH3 is 1. The van der Waals surface area contributed by atoms with Gasteiger partial charge in [-0.25, -0.2) is 4.79 Å². The molecule has 0 radical (unpaired) electrons. The fourth-order valence-electron chi connectivity index (χ4n) is 1.82. The van der Waals surface area contributed by atoms with Gasteiger partial charge in [0, 0.05) is 25.6 Å². The van der Waals surface area contributed by atoms with Crippen LogP contribution in [-0.4, -0.2) is 31.7 Å². The van der Waals surface area contributed by atoms with Crippen molar-refractivity contribution < 1.29 is 14.3 Å². The lowest BCUT2D eigenvalue weighted by Crippen LogP contribution is -2.35. The minimum Gasteiger partial charge on any atom is -0.496 e. The monoisotopic (exact) mass is 221 g/mol. The first-order valence-corrected chi connectivity index (χ1v) is 5.27. The molecular weight excluding hydrogens is 206 g/mol. The van der Waals surface area contributed by atoms with E-state index in [4.69, 9.17) is 9.47 Å². The van der Waals surface area contributed by atoms with Crippen LogP contribution < -0.4 is 4.74 Å². The largest absolute Gasteiger partial charge is 0.496 e. The Labute approximate surface area is 94.8 Å². The van der Waals surface area contributed by atoms with E-state index in [1.165, 1.54) is 0 Å². The summed E-state index contributed by atoms with van der Waals surface area (Å²) in [6.45, 7) is 0.710. The van der Waals surface area contributed by atoms with E-state index in [0.29, 0.717) is 6.54 Å². The Hall–Kier alpha value is -1.71. The molecule has 0 spiro atoms. The number of benzene rings is 1. The van der Waals surface area contributed by atoms with Gasteiger partial charge in [0.05, 0.1) is 7.11 Å². The van der Waals surface area contributed by atoms with Crippen molar-refractivity contribution in [2.75, 3.05) is 20.7 Å². The van der Waals surface area contributed by atoms with E-state index in [1.54, 1.807) is 19.1 Å². The Bertz CT molecular complexity index is 392. The molecule has 4 heteroatoms. The molecule has 2 rings (SSSR count). The van der Waals surface area contributed by atoms with E-state index < -0.39 is 0 Å². The Morgan fingerprint density at radius 2 is 2.19 bits per heavy atom. The molecule has 1 amide bonds. The van der Waals surface area contributed by atoms with Crippen LogP contribution in [0, 0.1) is 0 Å². The highest BCUT2D eigenvalue weighted by atomic mass is 16.6. The first kappa shape index (κ1) is 10.8. The highest BCUT2D eigenvalue weighted by Gasteiger charge is 2.27. The predicted octanol–water partition coefficient (Wildman–Crippen LogP) is 2.21. The van der Waals surface area contributed by atoms with Gasteiger partial charge in [0.15, 0.2) is 0 Å². The SMILES string of the molecule is COc1ccccc1[C@@H]1CCN(C)C(=O)O1. The van der Waals surface area contributed by atoms with Crippen LogP contribution in [0.15, 0.2) is 24.3 Å². The number of rotatable bonds is 2. The van der Waals surface area contributed by atoms with Gasteiger partial charge in [0.1, 0.15) is 11.9 Å². The van der Waals surface area contributed by atoms with Crippen molar-refractivity contribution >= 4 is 6.09 Å². The normalized spacial score (nSPS) is 20.5. The molecule has 1 aliphatic heterocycles. The fourth-order valence-corrected chi connectivity index (χ4v) is 1.82. The van der Waals surface area contributed by atoms with E-state index >= 15 is 0 Å². The number of nitrogens with zero attached hydrogens (tertiary/aromatic N) is 1. The Morgan fingerprint density at radius 1 is 1.44 bits per heavy atom. The lowest BCUT2D eigenvalue weighted by Gasteiger charge is -2.29. The van der Waals surface area contributed by atoms with Gasteiger partial charge in [-0.05, 0) is 6.07 Å². The van der Waals surface area contributed by atoms with Crippen LogP contribution in [0.3, 0.4) is 0 Å². The standard InChI is InChI=1S/C12H15NO3/c1-13-8-7-11(16-12(13)14)9-5-3-4-6-10(9)15-2/h3-6,11H,7-8H2,1-2H3/t11-/m0/s1. The van der Waals surface area contributed by atoms with Gasteiger partial charge in [-0.15, -0.1) is 0 Å². The maximum Gasteiger partial charge on any atom is 0.410 e. The summed E-state index contributed by atoms with van der Waals surface area (Å²) in [6, 6.07) is 7.63. The van der Waals surface area contributed by atoms with Gasteiger partial charge in [-0.3, -0.25) is 0 Å². The van der Waals surface area contributed by atoms with E-state index in [0.717, 1.165) is 17.7 Å². The second-order valence-electron chi connectivity index (χ2n) is 3.82. The van der Waals surface area contributed by atoms with Gasteiger partial charge in [0.2, 0.25) is 0 Å². The molecule has 1 fully saturated rings. The molecular formula is C12H15NO3. The Kier molecular flexibility index (Phi) is 2.99. The average molecular weight is 221 g/mol. The minimum atomic E-state index is -0.276. The first-order valence-electron chi connectivity index (χ1n) is 5.27. The number of hydrogen-bond acceptors (Lipinski definition) is 3. The molecule has 1 saturated heterocycles. The third-order valence-electron chi connectivity index (χ3n) is 2.77. The lowest BCUT2D eigenvalue weighted by molar-refractivity contribution is 0.0314. The smallest absolute Gasteiger partial charge is 0.410 e. The molecule has 0 aromatic heterocycles. The molecule has 1 atom stereocenters. The summed E-state index contributed by atoms with van der Waals surface area (Å²) in [4.78, 5) is 13.0. The van der Waals surface area contributed by atoms with Crippen LogP contribution >= 0.6 is 0 Å². The number of cyclic esters (lactones) is 1. The van der Waals surface area contributed by atoms with Gasteiger partial charge < -0.3 is 14.4 Å². The number of para-hydroxylation sites is 1. The Morgan fingerprint density at radius 3 is 2.88 bits per heavy atom. The molecule has 0 unspecified atom stereocenters. The van der Waals surface area contributed by atoms with Crippen LogP contribution in [0.2, 0.25) is 0 Å². The highest BCUT2D eigenvalue weighted by molar-refractivity contribution is 5.68. The summed E-state index contributed by atoms with van der Waals surface area (Å²) in [5.41, 5.74) is 0.937. The first-order chi connectivity index (χ1) is 7.72. The van der Waals surface area contributed by atoms with E-state index in [1.807, 2.05) is 24.3 Å². The van der Waals surface area contributed by atoms with Crippen LogP contribution in [0.4, 0.5) is 4.79 Å². The number of carbonyl (C=O) groups excluding carboxylic acids is 1. The van der Waals surface area contributed by atoms with Crippen molar-refractivity contribution in [1.29, 1.82) is 0 Å². The second kappa shape index (κ2) is 4.43. The molecule has 86 valence electrons. The predicted molar refractivity (Wildman–Crippen MR) is 59.5 cm³/mol. The average Bonchev–Trinajstić information content (AvgIpc) is 2.32. The molecule has 4 nitrogen and oxygen atoms in total. The number of ether oxygens (including phenoxy) is 2. The van der Waals surface area contributed by atoms with E-state index in [-0.39, 0.29) is 12.2 Å². The molecule has 1 aromatic rings. The zero-order valence-corrected chi connectivity index (χ0v) is 9.47. The molecule has 1 aliphatic rings. The maximum absolute atomic E-state index is 11.4. The van der Waals surface area contributed by atoms with Gasteiger partial charge in [-0.1, -0.05) is 18.2 Å². The van der Waals surface area contributed by atoms with Crippen molar-refractivity contribution in [3.63, 3.8) is 0 Å². The van der Waals surface area contributed by atoms with Crippen molar-refractivity contribution in [3.8, 4) is 5.75 Å². The van der Waals surface area contributed by atoms with Gasteiger partial charge in [-0.2, -0.15) is 0 Å². The lowest BCUT2D eigenvalue weighted by atomic mass is 10.0. The van der Waals surface area contributed by atoms with Crippen LogP contribution in [-0.2, 0) is 4.74 Å². The summed E-state index contributed by atoms with van der Waals surface area (Å²) in [5, 5.41) is 0. The molecule has 0 aliphatic carbocycles. The Balaban J connectivity index is 2.21. The molecule has 0 bridgehead atoms. The van der Waals surface area contributed by atoms with Gasteiger partial charge in [0.25, 0.3) is 0 Å². The summed E-state index contributed by atoms with van der Waals surface area (Å²) >= 11 is 0. The molecule has 1 heterocycles. The second-order valence-corrected chi connectivity index (χ2v) is 3.82. The van der Waals surface area contributed by atoms with E-state index in [2.05, 4.69) is 0 Å². The van der Waals surface area contributed by atoms with Crippen molar-refractivity contribution in [1.82, 2.24) is 4.90 Å². The number of carbonyl (C=O) groups is 1. The summed E-state index contributed by atoms with van der Waals surface area (Å²) in [5.74, 6) is 0.768. The quantitative estimate of drug-likeness (QED) is 0.768. The van der Waals surface area contributed by atoms with Crippen LogP contribution in [0.5, 0.6) is 5.75 Å². The van der Waals surface area contributed by atoms with Gasteiger partial charge >= 0.3 is 6.09 Å². The number of hydrogen-bond donors (Lipinski definition) is 0. The van der Waals surface area contributed by atoms with Crippen molar-refractivity contribution in [2.24, 2.45) is 0 Å². The zero-order valence-electron chi connectivity index (χ0n) is 9.47. The van der Waals surface area contributed by atoms with Crippen molar-refractivity contribution in [2.45, 2.75) is 12.5 Å². The van der Waals surface area contributed by atoms with Crippen LogP contribution in [0.25, 0.3) is 0 Å². The topological polar surface area (TPSA) is 38.8 Å². The summed E-state index contributed by atoms with van der Waals surface area (Å²) in [7, 11) is 3.36. The summed E-state index contributed by atoms with van der Waals surface area (Å²) < 4.78 is 10.6. The molecule has 1 aromatic carbocycles. The number of amides is 1.